The number of hydrogen-bond acceptors (Lipinski definition) is 5. The third-order valence-corrected chi connectivity index (χ3v) is 3.79. The van der Waals surface area contributed by atoms with Gasteiger partial charge in [0.05, 0.1) is 18.5 Å². The van der Waals surface area contributed by atoms with Gasteiger partial charge in [0.2, 0.25) is 5.88 Å². The number of ether oxygens (including phenoxy) is 3. The Labute approximate surface area is 151 Å². The van der Waals surface area contributed by atoms with E-state index in [1.54, 1.807) is 6.20 Å². The van der Waals surface area contributed by atoms with Crippen molar-refractivity contribution in [3.05, 3.63) is 17.8 Å². The summed E-state index contributed by atoms with van der Waals surface area (Å²) in [5, 5.41) is 2.91. The van der Waals surface area contributed by atoms with Gasteiger partial charge in [0.15, 0.2) is 0 Å². The van der Waals surface area contributed by atoms with Crippen LogP contribution in [0.1, 0.15) is 52.5 Å². The number of rotatable bonds is 12. The normalized spacial score (nSPS) is 13.3. The molecule has 142 valence electrons. The van der Waals surface area contributed by atoms with Crippen molar-refractivity contribution in [1.29, 1.82) is 0 Å². The average Bonchev–Trinajstić information content (AvgIpc) is 2.58. The topological polar surface area (TPSA) is 69.7 Å². The monoisotopic (exact) mass is 352 g/mol. The standard InChI is InChI=1S/C19H32N2O4/c1-6-9-19(5,25-10-7-2)18(22)21-16-13-15(4)17(20-14-16)24-12-11-23-8-3/h13-14H,6-12H2,1-5H3,(H,21,22)/t19-/m1/s1. The summed E-state index contributed by atoms with van der Waals surface area (Å²) >= 11 is 0. The molecule has 0 unspecified atom stereocenters. The molecule has 1 aromatic heterocycles. The van der Waals surface area contributed by atoms with E-state index < -0.39 is 5.60 Å². The Bertz CT molecular complexity index is 536. The summed E-state index contributed by atoms with van der Waals surface area (Å²) < 4.78 is 16.6. The van der Waals surface area contributed by atoms with Gasteiger partial charge >= 0.3 is 0 Å². The summed E-state index contributed by atoms with van der Waals surface area (Å²) in [6.07, 6.45) is 4.02. The molecule has 0 fully saturated rings. The number of pyridine rings is 1. The molecule has 6 heteroatoms. The summed E-state index contributed by atoms with van der Waals surface area (Å²) in [5.41, 5.74) is 0.675. The first kappa shape index (κ1) is 21.4. The summed E-state index contributed by atoms with van der Waals surface area (Å²) in [5.74, 6) is 0.408. The van der Waals surface area contributed by atoms with E-state index in [0.717, 1.165) is 18.4 Å². The van der Waals surface area contributed by atoms with Crippen LogP contribution in [0.5, 0.6) is 5.88 Å². The molecule has 1 atom stereocenters. The molecule has 1 amide bonds. The Morgan fingerprint density at radius 3 is 2.56 bits per heavy atom. The first-order valence-corrected chi connectivity index (χ1v) is 9.09. The minimum absolute atomic E-state index is 0.144. The highest BCUT2D eigenvalue weighted by molar-refractivity contribution is 5.97. The van der Waals surface area contributed by atoms with E-state index in [9.17, 15) is 4.79 Å². The number of anilines is 1. The van der Waals surface area contributed by atoms with Gasteiger partial charge in [-0.25, -0.2) is 4.98 Å². The SMILES string of the molecule is CCCO[C@](C)(CCC)C(=O)Nc1cnc(OCCOCC)c(C)c1. The molecule has 0 saturated carbocycles. The molecule has 25 heavy (non-hydrogen) atoms. The fourth-order valence-corrected chi connectivity index (χ4v) is 2.44. The fraction of sp³-hybridized carbons (Fsp3) is 0.684. The molecular formula is C19H32N2O4. The van der Waals surface area contributed by atoms with Crippen LogP contribution in [-0.2, 0) is 14.3 Å². The molecule has 0 bridgehead atoms. The number of hydrogen-bond donors (Lipinski definition) is 1. The zero-order valence-corrected chi connectivity index (χ0v) is 16.2. The van der Waals surface area contributed by atoms with Crippen LogP contribution >= 0.6 is 0 Å². The summed E-state index contributed by atoms with van der Waals surface area (Å²) in [6.45, 7) is 12.0. The van der Waals surface area contributed by atoms with Crippen LogP contribution in [0.25, 0.3) is 0 Å². The molecule has 1 rings (SSSR count). The van der Waals surface area contributed by atoms with Gasteiger partial charge in [0, 0.05) is 18.8 Å². The van der Waals surface area contributed by atoms with Gasteiger partial charge in [-0.15, -0.1) is 0 Å². The van der Waals surface area contributed by atoms with E-state index in [1.807, 2.05) is 40.7 Å². The third-order valence-electron chi connectivity index (χ3n) is 3.79. The second-order valence-electron chi connectivity index (χ2n) is 6.17. The molecule has 1 heterocycles. The highest BCUT2D eigenvalue weighted by Gasteiger charge is 2.33. The zero-order chi connectivity index (χ0) is 18.7. The highest BCUT2D eigenvalue weighted by Crippen LogP contribution is 2.23. The lowest BCUT2D eigenvalue weighted by molar-refractivity contribution is -0.140. The van der Waals surface area contributed by atoms with E-state index in [0.29, 0.717) is 44.4 Å². The molecule has 0 aliphatic rings. The van der Waals surface area contributed by atoms with Gasteiger partial charge in [-0.05, 0) is 39.7 Å². The number of aromatic nitrogens is 1. The number of carbonyl (C=O) groups excluding carboxylic acids is 1. The predicted molar refractivity (Wildman–Crippen MR) is 99.1 cm³/mol. The van der Waals surface area contributed by atoms with Crippen LogP contribution in [0, 0.1) is 6.92 Å². The zero-order valence-electron chi connectivity index (χ0n) is 16.2. The smallest absolute Gasteiger partial charge is 0.256 e. The minimum atomic E-state index is -0.828. The Morgan fingerprint density at radius 1 is 1.20 bits per heavy atom. The fourth-order valence-electron chi connectivity index (χ4n) is 2.44. The first-order valence-electron chi connectivity index (χ1n) is 9.09. The Balaban J connectivity index is 2.71. The molecule has 6 nitrogen and oxygen atoms in total. The van der Waals surface area contributed by atoms with Crippen molar-refractivity contribution in [2.45, 2.75) is 59.5 Å². The van der Waals surface area contributed by atoms with Crippen LogP contribution in [0.15, 0.2) is 12.3 Å². The lowest BCUT2D eigenvalue weighted by atomic mass is 9.99. The molecule has 0 aliphatic heterocycles. The number of carbonyl (C=O) groups is 1. The maximum Gasteiger partial charge on any atom is 0.256 e. The molecule has 0 aliphatic carbocycles. The van der Waals surface area contributed by atoms with Crippen LogP contribution in [0.3, 0.4) is 0 Å². The molecule has 1 N–H and O–H groups in total. The van der Waals surface area contributed by atoms with E-state index in [4.69, 9.17) is 14.2 Å². The van der Waals surface area contributed by atoms with Gasteiger partial charge in [-0.3, -0.25) is 4.79 Å². The maximum absolute atomic E-state index is 12.7. The quantitative estimate of drug-likeness (QED) is 0.581. The predicted octanol–water partition coefficient (Wildman–Crippen LogP) is 3.73. The van der Waals surface area contributed by atoms with Gasteiger partial charge in [0.25, 0.3) is 5.91 Å². The second-order valence-corrected chi connectivity index (χ2v) is 6.17. The van der Waals surface area contributed by atoms with Crippen molar-refractivity contribution in [1.82, 2.24) is 4.98 Å². The largest absolute Gasteiger partial charge is 0.475 e. The van der Waals surface area contributed by atoms with Crippen molar-refractivity contribution in [2.75, 3.05) is 31.7 Å². The van der Waals surface area contributed by atoms with Crippen molar-refractivity contribution in [3.63, 3.8) is 0 Å². The van der Waals surface area contributed by atoms with Gasteiger partial charge in [0.1, 0.15) is 12.2 Å². The first-order chi connectivity index (χ1) is 12.0. The maximum atomic E-state index is 12.7. The van der Waals surface area contributed by atoms with E-state index in [-0.39, 0.29) is 5.91 Å². The summed E-state index contributed by atoms with van der Waals surface area (Å²) in [6, 6.07) is 1.85. The molecule has 0 aromatic carbocycles. The number of nitrogens with one attached hydrogen (secondary N) is 1. The average molecular weight is 352 g/mol. The summed E-state index contributed by atoms with van der Waals surface area (Å²) in [7, 11) is 0. The van der Waals surface area contributed by atoms with Crippen LogP contribution in [0.2, 0.25) is 0 Å². The Morgan fingerprint density at radius 2 is 1.96 bits per heavy atom. The molecule has 0 spiro atoms. The van der Waals surface area contributed by atoms with E-state index >= 15 is 0 Å². The van der Waals surface area contributed by atoms with Gasteiger partial charge < -0.3 is 19.5 Å². The molecule has 0 saturated heterocycles. The van der Waals surface area contributed by atoms with Crippen LogP contribution in [0.4, 0.5) is 5.69 Å². The van der Waals surface area contributed by atoms with Crippen molar-refractivity contribution in [3.8, 4) is 5.88 Å². The van der Waals surface area contributed by atoms with Crippen LogP contribution in [-0.4, -0.2) is 42.9 Å². The summed E-state index contributed by atoms with van der Waals surface area (Å²) in [4.78, 5) is 16.9. The number of nitrogens with zero attached hydrogens (tertiary/aromatic N) is 1. The molecule has 1 aromatic rings. The lowest BCUT2D eigenvalue weighted by Gasteiger charge is -2.28. The second kappa shape index (κ2) is 11.1. The van der Waals surface area contributed by atoms with E-state index in [2.05, 4.69) is 10.3 Å². The highest BCUT2D eigenvalue weighted by atomic mass is 16.5. The van der Waals surface area contributed by atoms with Crippen LogP contribution < -0.4 is 10.1 Å². The molecule has 0 radical (unpaired) electrons. The number of amides is 1. The van der Waals surface area contributed by atoms with Crippen molar-refractivity contribution >= 4 is 11.6 Å². The third kappa shape index (κ3) is 7.00. The number of aryl methyl sites for hydroxylation is 1. The Kier molecular flexibility index (Phi) is 9.45. The van der Waals surface area contributed by atoms with Gasteiger partial charge in [-0.1, -0.05) is 20.3 Å². The molecular weight excluding hydrogens is 320 g/mol. The van der Waals surface area contributed by atoms with Gasteiger partial charge in [-0.2, -0.15) is 0 Å². The lowest BCUT2D eigenvalue weighted by Crippen LogP contribution is -2.43. The van der Waals surface area contributed by atoms with E-state index in [1.165, 1.54) is 0 Å². The van der Waals surface area contributed by atoms with Crippen molar-refractivity contribution in [2.24, 2.45) is 0 Å². The minimum Gasteiger partial charge on any atom is -0.475 e. The Hall–Kier alpha value is -1.66. The van der Waals surface area contributed by atoms with Crippen molar-refractivity contribution < 1.29 is 19.0 Å².